The van der Waals surface area contributed by atoms with Gasteiger partial charge in [0.1, 0.15) is 18.7 Å². The van der Waals surface area contributed by atoms with Gasteiger partial charge in [-0.2, -0.15) is 0 Å². The molecule has 1 N–H and O–H groups in total. The Balaban J connectivity index is 1.56. The number of rotatable bonds is 5. The van der Waals surface area contributed by atoms with E-state index in [1.165, 1.54) is 0 Å². The minimum absolute atomic E-state index is 0.0493. The molecule has 2 saturated heterocycles. The van der Waals surface area contributed by atoms with Crippen LogP contribution >= 0.6 is 15.9 Å². The highest BCUT2D eigenvalue weighted by molar-refractivity contribution is 9.10. The lowest BCUT2D eigenvalue weighted by Gasteiger charge is -2.27. The number of ether oxygens (including phenoxy) is 1. The van der Waals surface area contributed by atoms with Gasteiger partial charge in [0.25, 0.3) is 5.91 Å². The summed E-state index contributed by atoms with van der Waals surface area (Å²) in [4.78, 5) is 39.9. The van der Waals surface area contributed by atoms with Crippen LogP contribution in [0.4, 0.5) is 0 Å². The first-order chi connectivity index (χ1) is 14.0. The van der Waals surface area contributed by atoms with Crippen LogP contribution in [0.2, 0.25) is 0 Å². The minimum Gasteiger partial charge on any atom is -0.368 e. The van der Waals surface area contributed by atoms with Gasteiger partial charge in [0.2, 0.25) is 5.91 Å². The molecular formula is C22H21BrN2O4. The van der Waals surface area contributed by atoms with E-state index in [0.717, 1.165) is 10.0 Å². The average molecular weight is 457 g/mol. The number of benzene rings is 2. The van der Waals surface area contributed by atoms with Crippen LogP contribution in [0, 0.1) is 0 Å². The number of Topliss-reactive ketones (excluding diaryl/α,β-unsaturated/α-hetero) is 1. The zero-order chi connectivity index (χ0) is 20.4. The van der Waals surface area contributed by atoms with Gasteiger partial charge in [0.05, 0.1) is 6.10 Å². The van der Waals surface area contributed by atoms with Crippen molar-refractivity contribution in [2.75, 3.05) is 13.2 Å². The van der Waals surface area contributed by atoms with E-state index in [0.29, 0.717) is 24.9 Å². The SMILES string of the molecule is O=C(NC(Cc1ccccc1)C(=O)N1CCC2OCC(=O)C21)c1ccc(Br)cc1. The molecule has 0 bridgehead atoms. The third-order valence-electron chi connectivity index (χ3n) is 5.39. The highest BCUT2D eigenvalue weighted by Crippen LogP contribution is 2.28. The van der Waals surface area contributed by atoms with Crippen LogP contribution in [0.3, 0.4) is 0 Å². The number of likely N-dealkylation sites (tertiary alicyclic amines) is 1. The highest BCUT2D eigenvalue weighted by Gasteiger charge is 2.48. The zero-order valence-corrected chi connectivity index (χ0v) is 17.3. The summed E-state index contributed by atoms with van der Waals surface area (Å²) < 4.78 is 6.36. The molecule has 7 heteroatoms. The van der Waals surface area contributed by atoms with Crippen LogP contribution in [-0.2, 0) is 20.7 Å². The first kappa shape index (κ1) is 19.8. The van der Waals surface area contributed by atoms with Crippen LogP contribution in [0.15, 0.2) is 59.1 Å². The normalized spacial score (nSPS) is 21.7. The minimum atomic E-state index is -0.763. The molecule has 2 aliphatic heterocycles. The molecular weight excluding hydrogens is 436 g/mol. The molecule has 2 heterocycles. The number of hydrogen-bond acceptors (Lipinski definition) is 4. The lowest BCUT2D eigenvalue weighted by atomic mass is 10.0. The summed E-state index contributed by atoms with van der Waals surface area (Å²) in [6.45, 7) is 0.507. The zero-order valence-electron chi connectivity index (χ0n) is 15.7. The fourth-order valence-electron chi connectivity index (χ4n) is 3.93. The lowest BCUT2D eigenvalue weighted by molar-refractivity contribution is -0.138. The Bertz CT molecular complexity index is 916. The largest absolute Gasteiger partial charge is 0.368 e. The van der Waals surface area contributed by atoms with E-state index >= 15 is 0 Å². The van der Waals surface area contributed by atoms with Gasteiger partial charge in [-0.1, -0.05) is 46.3 Å². The third kappa shape index (κ3) is 4.26. The Morgan fingerprint density at radius 2 is 1.86 bits per heavy atom. The van der Waals surface area contributed by atoms with Crippen molar-refractivity contribution in [3.05, 3.63) is 70.2 Å². The molecule has 2 aliphatic rings. The van der Waals surface area contributed by atoms with E-state index in [9.17, 15) is 14.4 Å². The maximum Gasteiger partial charge on any atom is 0.251 e. The summed E-state index contributed by atoms with van der Waals surface area (Å²) in [5, 5.41) is 2.88. The van der Waals surface area contributed by atoms with E-state index in [-0.39, 0.29) is 30.3 Å². The van der Waals surface area contributed by atoms with E-state index < -0.39 is 12.1 Å². The molecule has 0 saturated carbocycles. The first-order valence-corrected chi connectivity index (χ1v) is 10.4. The Hall–Kier alpha value is -2.51. The number of nitrogens with one attached hydrogen (secondary N) is 1. The van der Waals surface area contributed by atoms with Crippen molar-refractivity contribution in [3.63, 3.8) is 0 Å². The van der Waals surface area contributed by atoms with Gasteiger partial charge in [-0.05, 0) is 36.2 Å². The van der Waals surface area contributed by atoms with Gasteiger partial charge < -0.3 is 15.0 Å². The van der Waals surface area contributed by atoms with Gasteiger partial charge in [-0.3, -0.25) is 14.4 Å². The molecule has 2 aromatic carbocycles. The Kier molecular flexibility index (Phi) is 5.78. The second kappa shape index (κ2) is 8.47. The smallest absolute Gasteiger partial charge is 0.251 e. The number of carbonyl (C=O) groups is 3. The third-order valence-corrected chi connectivity index (χ3v) is 5.92. The fraction of sp³-hybridized carbons (Fsp3) is 0.318. The van der Waals surface area contributed by atoms with E-state index in [4.69, 9.17) is 4.74 Å². The van der Waals surface area contributed by atoms with Crippen molar-refractivity contribution < 1.29 is 19.1 Å². The molecule has 2 amide bonds. The van der Waals surface area contributed by atoms with Crippen molar-refractivity contribution in [2.45, 2.75) is 31.0 Å². The van der Waals surface area contributed by atoms with Crippen LogP contribution < -0.4 is 5.32 Å². The molecule has 3 atom stereocenters. The summed E-state index contributed by atoms with van der Waals surface area (Å²) in [6, 6.07) is 15.2. The molecule has 0 radical (unpaired) electrons. The number of halogens is 1. The van der Waals surface area contributed by atoms with Crippen LogP contribution in [0.25, 0.3) is 0 Å². The number of nitrogens with zero attached hydrogens (tertiary/aromatic N) is 1. The van der Waals surface area contributed by atoms with Crippen molar-refractivity contribution >= 4 is 33.5 Å². The molecule has 0 spiro atoms. The average Bonchev–Trinajstić information content (AvgIpc) is 3.31. The van der Waals surface area contributed by atoms with Crippen LogP contribution in [0.5, 0.6) is 0 Å². The van der Waals surface area contributed by atoms with Crippen LogP contribution in [0.1, 0.15) is 22.3 Å². The topological polar surface area (TPSA) is 75.7 Å². The molecule has 0 aromatic heterocycles. The second-order valence-electron chi connectivity index (χ2n) is 7.30. The molecule has 3 unspecified atom stereocenters. The molecule has 29 heavy (non-hydrogen) atoms. The van der Waals surface area contributed by atoms with E-state index in [1.807, 2.05) is 30.3 Å². The van der Waals surface area contributed by atoms with Crippen LogP contribution in [-0.4, -0.2) is 53.8 Å². The van der Waals surface area contributed by atoms with Gasteiger partial charge in [-0.15, -0.1) is 0 Å². The van der Waals surface area contributed by atoms with E-state index in [1.54, 1.807) is 29.2 Å². The van der Waals surface area contributed by atoms with Gasteiger partial charge >= 0.3 is 0 Å². The predicted octanol–water partition coefficient (Wildman–Crippen LogP) is 2.36. The quantitative estimate of drug-likeness (QED) is 0.748. The highest BCUT2D eigenvalue weighted by atomic mass is 79.9. The maximum atomic E-state index is 13.4. The maximum absolute atomic E-state index is 13.4. The fourth-order valence-corrected chi connectivity index (χ4v) is 4.20. The van der Waals surface area contributed by atoms with Gasteiger partial charge in [-0.25, -0.2) is 0 Å². The molecule has 2 fully saturated rings. The summed E-state index contributed by atoms with van der Waals surface area (Å²) >= 11 is 3.35. The first-order valence-electron chi connectivity index (χ1n) is 9.58. The molecule has 6 nitrogen and oxygen atoms in total. The van der Waals surface area contributed by atoms with E-state index in [2.05, 4.69) is 21.2 Å². The van der Waals surface area contributed by atoms with Crippen molar-refractivity contribution in [3.8, 4) is 0 Å². The van der Waals surface area contributed by atoms with Gasteiger partial charge in [0.15, 0.2) is 5.78 Å². The number of hydrogen-bond donors (Lipinski definition) is 1. The number of amides is 2. The predicted molar refractivity (Wildman–Crippen MR) is 110 cm³/mol. The molecule has 0 aliphatic carbocycles. The number of fused-ring (bicyclic) bond motifs is 1. The summed E-state index contributed by atoms with van der Waals surface area (Å²) in [7, 11) is 0. The summed E-state index contributed by atoms with van der Waals surface area (Å²) in [5.74, 6) is -0.638. The molecule has 2 aromatic rings. The van der Waals surface area contributed by atoms with Crippen molar-refractivity contribution in [2.24, 2.45) is 0 Å². The van der Waals surface area contributed by atoms with Gasteiger partial charge in [0, 0.05) is 23.0 Å². The summed E-state index contributed by atoms with van der Waals surface area (Å²) in [5.41, 5.74) is 1.41. The Labute approximate surface area is 177 Å². The molecule has 4 rings (SSSR count). The van der Waals surface area contributed by atoms with Crippen molar-refractivity contribution in [1.29, 1.82) is 0 Å². The second-order valence-corrected chi connectivity index (χ2v) is 8.22. The number of carbonyl (C=O) groups excluding carboxylic acids is 3. The Morgan fingerprint density at radius 3 is 2.59 bits per heavy atom. The standard InChI is InChI=1S/C22H21BrN2O4/c23-16-8-6-15(7-9-16)21(27)24-17(12-14-4-2-1-3-5-14)22(28)25-11-10-19-20(25)18(26)13-29-19/h1-9,17,19-20H,10-13H2,(H,24,27). The summed E-state index contributed by atoms with van der Waals surface area (Å²) in [6.07, 6.45) is 0.761. The van der Waals surface area contributed by atoms with Crippen molar-refractivity contribution in [1.82, 2.24) is 10.2 Å². The Morgan fingerprint density at radius 1 is 1.14 bits per heavy atom. The number of ketones is 1. The monoisotopic (exact) mass is 456 g/mol. The molecule has 150 valence electrons. The lowest BCUT2D eigenvalue weighted by Crippen LogP contribution is -2.53.